The van der Waals surface area contributed by atoms with Crippen LogP contribution >= 0.6 is 22.7 Å². The van der Waals surface area contributed by atoms with Crippen LogP contribution in [0.15, 0.2) is 53.6 Å². The van der Waals surface area contributed by atoms with Crippen molar-refractivity contribution in [2.24, 2.45) is 5.10 Å². The zero-order valence-corrected chi connectivity index (χ0v) is 15.5. The lowest BCUT2D eigenvalue weighted by Gasteiger charge is -2.17. The van der Waals surface area contributed by atoms with E-state index in [0.29, 0.717) is 11.0 Å². The van der Waals surface area contributed by atoms with Gasteiger partial charge in [0.25, 0.3) is 5.13 Å². The molecule has 2 N–H and O–H groups in total. The molecule has 2 aromatic carbocycles. The summed E-state index contributed by atoms with van der Waals surface area (Å²) in [4.78, 5) is 9.30. The van der Waals surface area contributed by atoms with Crippen LogP contribution in [0.4, 0.5) is 10.3 Å². The van der Waals surface area contributed by atoms with E-state index in [9.17, 15) is 5.26 Å². The highest BCUT2D eigenvalue weighted by Gasteiger charge is 2.34. The second-order valence-corrected chi connectivity index (χ2v) is 7.31. The molecule has 4 aromatic rings. The summed E-state index contributed by atoms with van der Waals surface area (Å²) in [6.45, 7) is 0. The topological polar surface area (TPSA) is 85.0 Å². The molecule has 26 heavy (non-hydrogen) atoms. The molecule has 0 fully saturated rings. The van der Waals surface area contributed by atoms with Crippen molar-refractivity contribution in [1.82, 2.24) is 9.97 Å². The van der Waals surface area contributed by atoms with Gasteiger partial charge < -0.3 is 12.4 Å². The summed E-state index contributed by atoms with van der Waals surface area (Å²) < 4.78 is 2.16. The molecule has 0 saturated carbocycles. The second-order valence-electron chi connectivity index (χ2n) is 5.29. The van der Waals surface area contributed by atoms with Crippen molar-refractivity contribution in [3.05, 3.63) is 48.5 Å². The molecule has 5 rings (SSSR count). The van der Waals surface area contributed by atoms with E-state index in [0.717, 1.165) is 25.6 Å². The van der Waals surface area contributed by atoms with Crippen molar-refractivity contribution < 1.29 is 17.8 Å². The van der Waals surface area contributed by atoms with Crippen LogP contribution in [0.25, 0.3) is 20.4 Å². The summed E-state index contributed by atoms with van der Waals surface area (Å²) in [5, 5.41) is 18.5. The van der Waals surface area contributed by atoms with Crippen molar-refractivity contribution in [3.63, 3.8) is 0 Å². The third-order valence-corrected chi connectivity index (χ3v) is 5.73. The molecule has 0 radical (unpaired) electrons. The summed E-state index contributed by atoms with van der Waals surface area (Å²) in [7, 11) is 0. The van der Waals surface area contributed by atoms with Gasteiger partial charge in [0.1, 0.15) is 0 Å². The van der Waals surface area contributed by atoms with E-state index in [4.69, 9.17) is 0 Å². The van der Waals surface area contributed by atoms with Gasteiger partial charge in [-0.3, -0.25) is 0 Å². The van der Waals surface area contributed by atoms with Crippen LogP contribution in [-0.4, -0.2) is 15.8 Å². The number of nitrogens with two attached hydrogens (primary N) is 1. The lowest BCUT2D eigenvalue weighted by atomic mass is 10.3. The molecule has 128 valence electrons. The highest BCUT2D eigenvalue weighted by atomic mass is 35.5. The Kier molecular flexibility index (Phi) is 4.18. The van der Waals surface area contributed by atoms with E-state index in [1.165, 1.54) is 11.3 Å². The number of hydrazine groups is 1. The number of amidine groups is 1. The number of halogens is 1. The summed E-state index contributed by atoms with van der Waals surface area (Å²) >= 11 is 3.07. The van der Waals surface area contributed by atoms with Gasteiger partial charge in [-0.1, -0.05) is 62.3 Å². The average molecular weight is 400 g/mol. The molecule has 0 bridgehead atoms. The van der Waals surface area contributed by atoms with E-state index in [1.807, 2.05) is 48.5 Å². The number of benzene rings is 2. The largest absolute Gasteiger partial charge is 1.00 e. The van der Waals surface area contributed by atoms with Crippen LogP contribution in [0.2, 0.25) is 0 Å². The Labute approximate surface area is 162 Å². The summed E-state index contributed by atoms with van der Waals surface area (Å²) in [5.74, 6) is 0.318. The molecule has 3 heterocycles. The Morgan fingerprint density at radius 1 is 0.885 bits per heavy atom. The van der Waals surface area contributed by atoms with Gasteiger partial charge in [0, 0.05) is 0 Å². The number of rotatable bonds is 2. The van der Waals surface area contributed by atoms with Crippen molar-refractivity contribution in [2.45, 2.75) is 0 Å². The summed E-state index contributed by atoms with van der Waals surface area (Å²) in [6, 6.07) is 18.0. The fourth-order valence-electron chi connectivity index (χ4n) is 2.57. The zero-order chi connectivity index (χ0) is 16.8. The van der Waals surface area contributed by atoms with E-state index >= 15 is 0 Å². The normalized spacial score (nSPS) is 13.7. The van der Waals surface area contributed by atoms with Gasteiger partial charge in [-0.15, -0.1) is 0 Å². The van der Waals surface area contributed by atoms with Gasteiger partial charge in [-0.25, -0.2) is 9.97 Å². The third kappa shape index (κ3) is 2.65. The fraction of sp³-hybridized carbons (Fsp3) is 0. The Hall–Kier alpha value is -2.77. The van der Waals surface area contributed by atoms with Crippen LogP contribution in [-0.2, 0) is 0 Å². The summed E-state index contributed by atoms with van der Waals surface area (Å²) in [5.41, 5.74) is 3.52. The van der Waals surface area contributed by atoms with Gasteiger partial charge >= 0.3 is 5.84 Å². The van der Waals surface area contributed by atoms with Crippen molar-refractivity contribution in [3.8, 4) is 6.07 Å². The number of hydrogen-bond donors (Lipinski definition) is 1. The zero-order valence-electron chi connectivity index (χ0n) is 13.1. The van der Waals surface area contributed by atoms with Crippen molar-refractivity contribution in [2.75, 3.05) is 10.2 Å². The number of anilines is 2. The quantitative estimate of drug-likeness (QED) is 0.458. The van der Waals surface area contributed by atoms with Gasteiger partial charge in [0.15, 0.2) is 6.07 Å². The smallest absolute Gasteiger partial charge is 0.349 e. The first-order chi connectivity index (χ1) is 12.3. The van der Waals surface area contributed by atoms with Crippen LogP contribution in [0.5, 0.6) is 0 Å². The van der Waals surface area contributed by atoms with Crippen molar-refractivity contribution in [1.29, 1.82) is 5.26 Å². The Balaban J connectivity index is 0.00000168. The van der Waals surface area contributed by atoms with Gasteiger partial charge in [0.2, 0.25) is 5.13 Å². The third-order valence-electron chi connectivity index (χ3n) is 3.70. The molecule has 0 spiro atoms. The Bertz CT molecular complexity index is 1110. The minimum atomic E-state index is 0. The number of nitriles is 1. The van der Waals surface area contributed by atoms with Crippen LogP contribution < -0.4 is 28.1 Å². The van der Waals surface area contributed by atoms with Gasteiger partial charge in [-0.05, 0) is 24.3 Å². The lowest BCUT2D eigenvalue weighted by Crippen LogP contribution is -3.00. The first kappa shape index (κ1) is 16.7. The maximum Gasteiger partial charge on any atom is 0.349 e. The van der Waals surface area contributed by atoms with Crippen LogP contribution in [0.1, 0.15) is 0 Å². The standard InChI is InChI=1S/C16H9N7S2.ClH/c17-9-14-20-22(15-18-10-5-1-3-7-12(10)24-15)23(21-14)16-19-11-6-2-4-8-13(11)25-16;/h1-8H,(H,20,21);1H. The monoisotopic (exact) mass is 399 g/mol. The number of aromatic nitrogens is 2. The Morgan fingerprint density at radius 3 is 2.08 bits per heavy atom. The number of nitrogens with zero attached hydrogens (tertiary/aromatic N) is 6. The predicted octanol–water partition coefficient (Wildman–Crippen LogP) is -0.533. The van der Waals surface area contributed by atoms with Gasteiger partial charge in [-0.2, -0.15) is 10.7 Å². The molecule has 7 nitrogen and oxygen atoms in total. The van der Waals surface area contributed by atoms with Crippen molar-refractivity contribution >= 4 is 59.2 Å². The van der Waals surface area contributed by atoms with E-state index in [1.54, 1.807) is 27.0 Å². The van der Waals surface area contributed by atoms with E-state index in [2.05, 4.69) is 21.1 Å². The molecule has 0 aliphatic carbocycles. The molecule has 10 heteroatoms. The highest BCUT2D eigenvalue weighted by Crippen LogP contribution is 2.33. The molecule has 0 atom stereocenters. The molecule has 0 unspecified atom stereocenters. The molecule has 2 aromatic heterocycles. The van der Waals surface area contributed by atoms with Crippen LogP contribution in [0.3, 0.4) is 0 Å². The first-order valence-electron chi connectivity index (χ1n) is 7.46. The fourth-order valence-corrected chi connectivity index (χ4v) is 4.42. The van der Waals surface area contributed by atoms with E-state index in [-0.39, 0.29) is 12.4 Å². The molecule has 0 saturated heterocycles. The molecular formula is C16H10ClN7S2. The average Bonchev–Trinajstić information content (AvgIpc) is 3.35. The minimum absolute atomic E-state index is 0. The predicted molar refractivity (Wildman–Crippen MR) is 99.2 cm³/mol. The minimum Gasteiger partial charge on any atom is -1.00 e. The lowest BCUT2D eigenvalue weighted by molar-refractivity contribution is -0.544. The number of para-hydroxylation sites is 2. The number of quaternary nitrogens is 1. The van der Waals surface area contributed by atoms with Gasteiger partial charge in [0.05, 0.1) is 20.4 Å². The number of thiazole rings is 2. The number of fused-ring (bicyclic) bond motifs is 2. The summed E-state index contributed by atoms with van der Waals surface area (Å²) in [6.07, 6.45) is 0. The second kappa shape index (κ2) is 6.51. The molecule has 1 aliphatic heterocycles. The van der Waals surface area contributed by atoms with Crippen LogP contribution in [0, 0.1) is 11.3 Å². The Morgan fingerprint density at radius 2 is 1.46 bits per heavy atom. The van der Waals surface area contributed by atoms with E-state index < -0.39 is 0 Å². The number of hydrazone groups is 1. The number of hydrogen-bond acceptors (Lipinski definition) is 8. The highest BCUT2D eigenvalue weighted by molar-refractivity contribution is 7.23. The molecule has 0 amide bonds. The maximum absolute atomic E-state index is 9.28. The first-order valence-corrected chi connectivity index (χ1v) is 9.09. The maximum atomic E-state index is 9.28. The molecule has 1 aliphatic rings. The molecular weight excluding hydrogens is 390 g/mol. The SMILES string of the molecule is N#CC1=NN(c2nc3ccccc3s2)N(c2nc3ccccc3s2)[NH2+]1.[Cl-].